The van der Waals surface area contributed by atoms with Gasteiger partial charge in [0.2, 0.25) is 5.91 Å². The van der Waals surface area contributed by atoms with E-state index in [0.717, 1.165) is 19.6 Å². The van der Waals surface area contributed by atoms with E-state index in [4.69, 9.17) is 4.74 Å². The molecule has 1 aromatic carbocycles. The zero-order valence-corrected chi connectivity index (χ0v) is 13.9. The van der Waals surface area contributed by atoms with E-state index in [-0.39, 0.29) is 11.9 Å². The van der Waals surface area contributed by atoms with Gasteiger partial charge in [-0.2, -0.15) is 0 Å². The Morgan fingerprint density at radius 1 is 1.17 bits per heavy atom. The van der Waals surface area contributed by atoms with Gasteiger partial charge in [0.25, 0.3) is 0 Å². The van der Waals surface area contributed by atoms with Crippen molar-refractivity contribution in [1.82, 2.24) is 15.5 Å². The topological polar surface area (TPSA) is 70.7 Å². The lowest BCUT2D eigenvalue weighted by Crippen LogP contribution is -2.39. The minimum atomic E-state index is -0.164. The van der Waals surface area contributed by atoms with E-state index in [9.17, 15) is 9.59 Å². The van der Waals surface area contributed by atoms with Crippen LogP contribution >= 0.6 is 0 Å². The second-order valence-corrected chi connectivity index (χ2v) is 6.49. The van der Waals surface area contributed by atoms with Gasteiger partial charge in [-0.15, -0.1) is 0 Å². The van der Waals surface area contributed by atoms with E-state index in [1.807, 2.05) is 17.0 Å². The smallest absolute Gasteiger partial charge is 0.314 e. The first-order valence-electron chi connectivity index (χ1n) is 8.66. The Bertz CT molecular complexity index is 560. The first-order valence-corrected chi connectivity index (χ1v) is 8.66. The number of nitrogens with one attached hydrogen (secondary N) is 2. The third-order valence-corrected chi connectivity index (χ3v) is 4.62. The van der Waals surface area contributed by atoms with E-state index < -0.39 is 0 Å². The molecule has 6 heteroatoms. The lowest BCUT2D eigenvalue weighted by atomic mass is 10.1. The normalized spacial score (nSPS) is 19.2. The average molecular weight is 331 g/mol. The Kier molecular flexibility index (Phi) is 5.69. The fourth-order valence-electron chi connectivity index (χ4n) is 3.15. The van der Waals surface area contributed by atoms with Crippen molar-refractivity contribution in [2.24, 2.45) is 5.92 Å². The highest BCUT2D eigenvalue weighted by atomic mass is 16.5. The molecule has 2 aliphatic rings. The molecule has 6 nitrogen and oxygen atoms in total. The summed E-state index contributed by atoms with van der Waals surface area (Å²) in [7, 11) is 0. The van der Waals surface area contributed by atoms with Crippen LogP contribution in [0.1, 0.15) is 30.4 Å². The molecular weight excluding hydrogens is 306 g/mol. The van der Waals surface area contributed by atoms with E-state index in [1.54, 1.807) is 0 Å². The molecule has 1 aromatic rings. The van der Waals surface area contributed by atoms with Crippen LogP contribution < -0.4 is 10.6 Å². The van der Waals surface area contributed by atoms with Gasteiger partial charge in [0.15, 0.2) is 0 Å². The van der Waals surface area contributed by atoms with Crippen molar-refractivity contribution in [2.75, 3.05) is 26.3 Å². The minimum absolute atomic E-state index is 0.150. The second kappa shape index (κ2) is 8.15. The Labute approximate surface area is 142 Å². The molecule has 0 saturated carbocycles. The van der Waals surface area contributed by atoms with Crippen LogP contribution in [-0.2, 0) is 22.6 Å². The van der Waals surface area contributed by atoms with E-state index >= 15 is 0 Å². The van der Waals surface area contributed by atoms with E-state index in [1.165, 1.54) is 11.1 Å². The van der Waals surface area contributed by atoms with Crippen LogP contribution in [0, 0.1) is 5.92 Å². The molecule has 0 radical (unpaired) electrons. The van der Waals surface area contributed by atoms with Gasteiger partial charge in [-0.05, 0) is 24.0 Å². The number of hydrogen-bond acceptors (Lipinski definition) is 3. The Morgan fingerprint density at radius 3 is 2.58 bits per heavy atom. The van der Waals surface area contributed by atoms with Crippen LogP contribution in [0.5, 0.6) is 0 Å². The molecule has 0 aromatic heterocycles. The van der Waals surface area contributed by atoms with Crippen molar-refractivity contribution in [3.8, 4) is 0 Å². The molecule has 1 atom stereocenters. The van der Waals surface area contributed by atoms with Crippen molar-refractivity contribution >= 4 is 11.9 Å². The molecule has 3 amide bonds. The largest absolute Gasteiger partial charge is 0.381 e. The number of amides is 3. The number of nitrogens with zero attached hydrogens (tertiary/aromatic N) is 1. The quantitative estimate of drug-likeness (QED) is 0.779. The summed E-state index contributed by atoms with van der Waals surface area (Å²) in [4.78, 5) is 25.8. The van der Waals surface area contributed by atoms with Gasteiger partial charge < -0.3 is 20.3 Å². The first kappa shape index (κ1) is 16.8. The number of hydrogen-bond donors (Lipinski definition) is 2. The third-order valence-electron chi connectivity index (χ3n) is 4.62. The van der Waals surface area contributed by atoms with Gasteiger partial charge in [-0.25, -0.2) is 4.79 Å². The lowest BCUT2D eigenvalue weighted by Gasteiger charge is -2.15. The van der Waals surface area contributed by atoms with Crippen LogP contribution in [0.2, 0.25) is 0 Å². The Hall–Kier alpha value is -2.08. The van der Waals surface area contributed by atoms with Crippen molar-refractivity contribution in [2.45, 2.75) is 32.4 Å². The first-order chi connectivity index (χ1) is 11.7. The number of carbonyl (C=O) groups is 2. The predicted octanol–water partition coefficient (Wildman–Crippen LogP) is 1.64. The van der Waals surface area contributed by atoms with Crippen molar-refractivity contribution in [1.29, 1.82) is 0 Å². The zero-order chi connectivity index (χ0) is 16.8. The molecule has 130 valence electrons. The summed E-state index contributed by atoms with van der Waals surface area (Å²) >= 11 is 0. The molecule has 0 spiro atoms. The van der Waals surface area contributed by atoms with Gasteiger partial charge in [-0.3, -0.25) is 4.79 Å². The highest BCUT2D eigenvalue weighted by Crippen LogP contribution is 2.22. The van der Waals surface area contributed by atoms with Crippen LogP contribution in [0.15, 0.2) is 24.3 Å². The molecule has 2 heterocycles. The Balaban J connectivity index is 1.28. The van der Waals surface area contributed by atoms with Crippen molar-refractivity contribution in [3.63, 3.8) is 0 Å². The monoisotopic (exact) mass is 331 g/mol. The van der Waals surface area contributed by atoms with E-state index in [0.29, 0.717) is 44.9 Å². The minimum Gasteiger partial charge on any atom is -0.381 e. The maximum atomic E-state index is 12.2. The summed E-state index contributed by atoms with van der Waals surface area (Å²) in [5.74, 6) is 0.575. The van der Waals surface area contributed by atoms with Crippen molar-refractivity contribution in [3.05, 3.63) is 35.4 Å². The zero-order valence-electron chi connectivity index (χ0n) is 13.9. The second-order valence-electron chi connectivity index (χ2n) is 6.49. The SMILES string of the molecule is O=C(NCCCC(=O)N1Cc2ccccc2C1)NC[C@H]1CCOC1. The number of benzene rings is 1. The Morgan fingerprint density at radius 2 is 1.92 bits per heavy atom. The number of rotatable bonds is 6. The maximum absolute atomic E-state index is 12.2. The summed E-state index contributed by atoms with van der Waals surface area (Å²) < 4.78 is 5.27. The van der Waals surface area contributed by atoms with Gasteiger partial charge in [0.1, 0.15) is 0 Å². The van der Waals surface area contributed by atoms with Gasteiger partial charge >= 0.3 is 6.03 Å². The van der Waals surface area contributed by atoms with Crippen LogP contribution in [0.4, 0.5) is 4.79 Å². The average Bonchev–Trinajstić information content (AvgIpc) is 3.25. The standard InChI is InChI=1S/C18H25N3O3/c22-17(21-11-15-4-1-2-5-16(15)12-21)6-3-8-19-18(23)20-10-14-7-9-24-13-14/h1-2,4-5,14H,3,6-13H2,(H2,19,20,23)/t14-/m1/s1. The lowest BCUT2D eigenvalue weighted by molar-refractivity contribution is -0.131. The molecule has 1 saturated heterocycles. The van der Waals surface area contributed by atoms with Crippen molar-refractivity contribution < 1.29 is 14.3 Å². The number of carbonyl (C=O) groups excluding carboxylic acids is 2. The molecular formula is C18H25N3O3. The fourth-order valence-corrected chi connectivity index (χ4v) is 3.15. The molecule has 24 heavy (non-hydrogen) atoms. The molecule has 0 unspecified atom stereocenters. The summed E-state index contributed by atoms with van der Waals surface area (Å²) in [6.07, 6.45) is 2.13. The molecule has 1 fully saturated rings. The summed E-state index contributed by atoms with van der Waals surface area (Å²) in [6.45, 7) is 4.08. The maximum Gasteiger partial charge on any atom is 0.314 e. The summed E-state index contributed by atoms with van der Waals surface area (Å²) in [5, 5.41) is 5.66. The summed E-state index contributed by atoms with van der Waals surface area (Å²) in [6, 6.07) is 8.00. The van der Waals surface area contributed by atoms with Crippen LogP contribution in [-0.4, -0.2) is 43.1 Å². The van der Waals surface area contributed by atoms with Crippen LogP contribution in [0.3, 0.4) is 0 Å². The molecule has 0 bridgehead atoms. The number of ether oxygens (including phenoxy) is 1. The predicted molar refractivity (Wildman–Crippen MR) is 90.3 cm³/mol. The van der Waals surface area contributed by atoms with Gasteiger partial charge in [0.05, 0.1) is 6.61 Å². The molecule has 3 rings (SSSR count). The van der Waals surface area contributed by atoms with Gasteiger partial charge in [-0.1, -0.05) is 24.3 Å². The van der Waals surface area contributed by atoms with Crippen LogP contribution in [0.25, 0.3) is 0 Å². The molecule has 0 aliphatic carbocycles. The molecule has 2 N–H and O–H groups in total. The van der Waals surface area contributed by atoms with Gasteiger partial charge in [0, 0.05) is 45.1 Å². The number of fused-ring (bicyclic) bond motifs is 1. The highest BCUT2D eigenvalue weighted by molar-refractivity contribution is 5.77. The molecule has 2 aliphatic heterocycles. The van der Waals surface area contributed by atoms with E-state index in [2.05, 4.69) is 22.8 Å². The third kappa shape index (κ3) is 4.47. The number of urea groups is 1. The highest BCUT2D eigenvalue weighted by Gasteiger charge is 2.22. The fraction of sp³-hybridized carbons (Fsp3) is 0.556. The summed E-state index contributed by atoms with van der Waals surface area (Å²) in [5.41, 5.74) is 2.47.